The molecule has 0 radical (unpaired) electrons. The minimum absolute atomic E-state index is 0.101. The van der Waals surface area contributed by atoms with Crippen LogP contribution in [0.1, 0.15) is 20.3 Å². The molecule has 0 aromatic carbocycles. The Labute approximate surface area is 86.2 Å². The molecule has 2 nitrogen and oxygen atoms in total. The second-order valence-corrected chi connectivity index (χ2v) is 4.82. The molecule has 0 N–H and O–H groups in total. The van der Waals surface area contributed by atoms with Crippen LogP contribution >= 0.6 is 11.6 Å². The summed E-state index contributed by atoms with van der Waals surface area (Å²) in [6.45, 7) is 7.30. The van der Waals surface area contributed by atoms with Gasteiger partial charge in [0.25, 0.3) is 0 Å². The monoisotopic (exact) mass is 205 g/mol. The number of ether oxygens (including phenoxy) is 1. The van der Waals surface area contributed by atoms with Crippen LogP contribution in [-0.2, 0) is 4.74 Å². The van der Waals surface area contributed by atoms with Gasteiger partial charge in [-0.25, -0.2) is 0 Å². The van der Waals surface area contributed by atoms with E-state index in [0.717, 1.165) is 19.8 Å². The fourth-order valence-electron chi connectivity index (χ4n) is 1.46. The molecule has 0 spiro atoms. The van der Waals surface area contributed by atoms with Gasteiger partial charge in [0.2, 0.25) is 0 Å². The van der Waals surface area contributed by atoms with E-state index >= 15 is 0 Å². The van der Waals surface area contributed by atoms with Crippen LogP contribution in [0, 0.1) is 5.92 Å². The molecule has 0 aromatic rings. The molecule has 1 unspecified atom stereocenters. The molecular weight excluding hydrogens is 186 g/mol. The maximum Gasteiger partial charge on any atom is 0.0507 e. The number of hydrogen-bond acceptors (Lipinski definition) is 2. The van der Waals surface area contributed by atoms with E-state index in [1.54, 1.807) is 0 Å². The molecule has 1 saturated heterocycles. The van der Waals surface area contributed by atoms with Crippen LogP contribution in [0.15, 0.2) is 0 Å². The Morgan fingerprint density at radius 3 is 2.69 bits per heavy atom. The van der Waals surface area contributed by atoms with Crippen molar-refractivity contribution in [2.24, 2.45) is 5.92 Å². The topological polar surface area (TPSA) is 12.5 Å². The molecule has 0 amide bonds. The maximum absolute atomic E-state index is 5.90. The third-order valence-corrected chi connectivity index (χ3v) is 3.57. The molecule has 0 saturated carbocycles. The first-order valence-electron chi connectivity index (χ1n) is 4.91. The molecule has 1 heterocycles. The van der Waals surface area contributed by atoms with E-state index in [1.807, 2.05) is 0 Å². The smallest absolute Gasteiger partial charge is 0.0507 e. The van der Waals surface area contributed by atoms with Crippen molar-refractivity contribution in [1.82, 2.24) is 4.90 Å². The lowest BCUT2D eigenvalue weighted by Gasteiger charge is -2.35. The second-order valence-electron chi connectivity index (χ2n) is 4.56. The summed E-state index contributed by atoms with van der Waals surface area (Å²) in [7, 11) is 2.14. The van der Waals surface area contributed by atoms with E-state index in [2.05, 4.69) is 25.8 Å². The van der Waals surface area contributed by atoms with Gasteiger partial charge >= 0.3 is 0 Å². The van der Waals surface area contributed by atoms with Crippen LogP contribution in [0.4, 0.5) is 0 Å². The van der Waals surface area contributed by atoms with Gasteiger partial charge in [-0.1, -0.05) is 0 Å². The predicted molar refractivity (Wildman–Crippen MR) is 56.4 cm³/mol. The minimum Gasteiger partial charge on any atom is -0.381 e. The predicted octanol–water partition coefficient (Wildman–Crippen LogP) is 1.97. The zero-order valence-corrected chi connectivity index (χ0v) is 9.60. The van der Waals surface area contributed by atoms with Crippen LogP contribution in [0.3, 0.4) is 0 Å². The molecule has 0 aliphatic carbocycles. The average molecular weight is 206 g/mol. The first kappa shape index (κ1) is 11.3. The van der Waals surface area contributed by atoms with Crippen LogP contribution in [0.25, 0.3) is 0 Å². The molecule has 3 heteroatoms. The summed E-state index contributed by atoms with van der Waals surface area (Å²) >= 11 is 5.90. The highest BCUT2D eigenvalue weighted by atomic mass is 35.5. The van der Waals surface area contributed by atoms with Gasteiger partial charge < -0.3 is 4.74 Å². The standard InChI is InChI=1S/C10H20ClNO/c1-10(2,8-11)12(3)6-9-4-5-13-7-9/h9H,4-8H2,1-3H3. The SMILES string of the molecule is CN(CC1CCOC1)C(C)(C)CCl. The number of halogens is 1. The molecule has 1 atom stereocenters. The van der Waals surface area contributed by atoms with Gasteiger partial charge in [0.05, 0.1) is 6.61 Å². The quantitative estimate of drug-likeness (QED) is 0.651. The summed E-state index contributed by atoms with van der Waals surface area (Å²) in [4.78, 5) is 2.33. The van der Waals surface area contributed by atoms with Crippen molar-refractivity contribution in [1.29, 1.82) is 0 Å². The molecule has 1 aliphatic rings. The van der Waals surface area contributed by atoms with Gasteiger partial charge in [-0.3, -0.25) is 4.90 Å². The van der Waals surface area contributed by atoms with Crippen LogP contribution in [0.5, 0.6) is 0 Å². The van der Waals surface area contributed by atoms with E-state index in [4.69, 9.17) is 16.3 Å². The Hall–Kier alpha value is 0.210. The Morgan fingerprint density at radius 1 is 1.54 bits per heavy atom. The van der Waals surface area contributed by atoms with Crippen LogP contribution in [0.2, 0.25) is 0 Å². The second kappa shape index (κ2) is 4.63. The number of nitrogens with zero attached hydrogens (tertiary/aromatic N) is 1. The van der Waals surface area contributed by atoms with Crippen molar-refractivity contribution in [2.75, 3.05) is 32.7 Å². The molecule has 0 bridgehead atoms. The largest absolute Gasteiger partial charge is 0.381 e. The molecule has 1 fully saturated rings. The third kappa shape index (κ3) is 3.12. The van der Waals surface area contributed by atoms with Crippen molar-refractivity contribution in [2.45, 2.75) is 25.8 Å². The number of rotatable bonds is 4. The molecule has 78 valence electrons. The van der Waals surface area contributed by atoms with E-state index in [1.165, 1.54) is 6.42 Å². The van der Waals surface area contributed by atoms with Gasteiger partial charge in [-0.2, -0.15) is 0 Å². The Balaban J connectivity index is 2.34. The lowest BCUT2D eigenvalue weighted by atomic mass is 10.0. The fraction of sp³-hybridized carbons (Fsp3) is 1.00. The summed E-state index contributed by atoms with van der Waals surface area (Å²) in [6.07, 6.45) is 1.20. The number of alkyl halides is 1. The third-order valence-electron chi connectivity index (χ3n) is 2.92. The van der Waals surface area contributed by atoms with Gasteiger partial charge in [0, 0.05) is 24.6 Å². The maximum atomic E-state index is 5.90. The minimum atomic E-state index is 0.101. The molecular formula is C10H20ClNO. The first-order chi connectivity index (χ1) is 6.06. The molecule has 13 heavy (non-hydrogen) atoms. The summed E-state index contributed by atoms with van der Waals surface area (Å²) in [5.41, 5.74) is 0.101. The van der Waals surface area contributed by atoms with Gasteiger partial charge in [-0.05, 0) is 33.2 Å². The lowest BCUT2D eigenvalue weighted by Crippen LogP contribution is -2.45. The summed E-state index contributed by atoms with van der Waals surface area (Å²) in [5, 5.41) is 0. The highest BCUT2D eigenvalue weighted by Gasteiger charge is 2.26. The van der Waals surface area contributed by atoms with Crippen molar-refractivity contribution >= 4 is 11.6 Å². The number of hydrogen-bond donors (Lipinski definition) is 0. The van der Waals surface area contributed by atoms with Gasteiger partial charge in [0.1, 0.15) is 0 Å². The molecule has 1 aliphatic heterocycles. The van der Waals surface area contributed by atoms with E-state index in [9.17, 15) is 0 Å². The summed E-state index contributed by atoms with van der Waals surface area (Å²) < 4.78 is 5.34. The average Bonchev–Trinajstić information content (AvgIpc) is 2.57. The highest BCUT2D eigenvalue weighted by Crippen LogP contribution is 2.19. The summed E-state index contributed by atoms with van der Waals surface area (Å²) in [5.74, 6) is 1.38. The van der Waals surface area contributed by atoms with Crippen molar-refractivity contribution < 1.29 is 4.74 Å². The Bertz CT molecular complexity index is 155. The van der Waals surface area contributed by atoms with Gasteiger partial charge in [-0.15, -0.1) is 11.6 Å². The molecule has 0 aromatic heterocycles. The van der Waals surface area contributed by atoms with Crippen LogP contribution < -0.4 is 0 Å². The normalized spacial score (nSPS) is 24.2. The lowest BCUT2D eigenvalue weighted by molar-refractivity contribution is 0.133. The van der Waals surface area contributed by atoms with Gasteiger partial charge in [0.15, 0.2) is 0 Å². The summed E-state index contributed by atoms with van der Waals surface area (Å²) in [6, 6.07) is 0. The Kier molecular flexibility index (Phi) is 4.02. The van der Waals surface area contributed by atoms with E-state index in [-0.39, 0.29) is 5.54 Å². The Morgan fingerprint density at radius 2 is 2.23 bits per heavy atom. The molecule has 1 rings (SSSR count). The van der Waals surface area contributed by atoms with Crippen molar-refractivity contribution in [3.63, 3.8) is 0 Å². The van der Waals surface area contributed by atoms with Crippen molar-refractivity contribution in [3.05, 3.63) is 0 Å². The van der Waals surface area contributed by atoms with E-state index in [0.29, 0.717) is 11.8 Å². The zero-order valence-electron chi connectivity index (χ0n) is 8.85. The van der Waals surface area contributed by atoms with Crippen molar-refractivity contribution in [3.8, 4) is 0 Å². The first-order valence-corrected chi connectivity index (χ1v) is 5.44. The van der Waals surface area contributed by atoms with Crippen LogP contribution in [-0.4, -0.2) is 43.1 Å². The zero-order chi connectivity index (χ0) is 9.90. The highest BCUT2D eigenvalue weighted by molar-refractivity contribution is 6.18. The van der Waals surface area contributed by atoms with E-state index < -0.39 is 0 Å². The fourth-order valence-corrected chi connectivity index (χ4v) is 1.67.